The average molecular weight is 302 g/mol. The third-order valence-corrected chi connectivity index (χ3v) is 59.0. The molecule has 10 heterocycles. The minimum absolute atomic E-state index is 0.919. The molecule has 0 saturated carbocycles. The van der Waals surface area contributed by atoms with Crippen LogP contribution < -0.4 is 0 Å². The molecule has 10 aliphatic heterocycles. The van der Waals surface area contributed by atoms with Gasteiger partial charge in [0.15, 0.2) is 0 Å². The van der Waals surface area contributed by atoms with Gasteiger partial charge in [0.2, 0.25) is 0 Å². The van der Waals surface area contributed by atoms with Crippen LogP contribution >= 0.6 is 0 Å². The number of benzene rings is 1. The number of fused-ring (bicyclic) bond motifs is 10. The van der Waals surface area contributed by atoms with Crippen molar-refractivity contribution in [2.24, 2.45) is 0 Å². The fourth-order valence-electron chi connectivity index (χ4n) is 18.2. The second-order valence-electron chi connectivity index (χ2n) is 11.9. The van der Waals surface area contributed by atoms with E-state index in [2.05, 4.69) is 37.8 Å². The average Bonchev–Trinajstić information content (AvgIpc) is 3.40. The molecule has 4 atom stereocenters. The maximum absolute atomic E-state index is 4.06. The first kappa shape index (κ1) is 7.65. The third kappa shape index (κ3) is 0.0863. The van der Waals surface area contributed by atoms with Crippen LogP contribution in [0.1, 0.15) is 16.7 Å². The molecule has 1 heteroatoms. The Bertz CT molecular complexity index is 1170. The van der Waals surface area contributed by atoms with Gasteiger partial charge in [0.1, 0.15) is 0 Å². The molecule has 10 fully saturated rings. The summed E-state index contributed by atoms with van der Waals surface area (Å²) in [7, 11) is 0. The van der Waals surface area contributed by atoms with E-state index in [0.717, 1.165) is 4.31 Å². The molecular formula is C19H18Fe. The van der Waals surface area contributed by atoms with Crippen LogP contribution in [0.3, 0.4) is 0 Å². The van der Waals surface area contributed by atoms with Crippen molar-refractivity contribution in [3.05, 3.63) is 41.5 Å². The van der Waals surface area contributed by atoms with E-state index < -0.39 is 6.51 Å². The first-order valence-electron chi connectivity index (χ1n) is 8.45. The molecule has 0 radical (unpaired) electrons. The van der Waals surface area contributed by atoms with Gasteiger partial charge in [-0.1, -0.05) is 0 Å². The van der Waals surface area contributed by atoms with Crippen molar-refractivity contribution >= 4 is 6.08 Å². The molecule has 20 heavy (non-hydrogen) atoms. The Morgan fingerprint density at radius 2 is 1.60 bits per heavy atom. The van der Waals surface area contributed by atoms with Gasteiger partial charge in [-0.2, -0.15) is 0 Å². The molecule has 0 nitrogen and oxygen atoms in total. The normalized spacial score (nSPS) is 103. The second kappa shape index (κ2) is 0.690. The molecule has 0 N–H and O–H groups in total. The predicted octanol–water partition coefficient (Wildman–Crippen LogP) is 5.43. The zero-order valence-electron chi connectivity index (χ0n) is 11.6. The maximum atomic E-state index is 4.06. The van der Waals surface area contributed by atoms with Crippen LogP contribution in [0.5, 0.6) is 0 Å². The van der Waals surface area contributed by atoms with Gasteiger partial charge in [0, 0.05) is 0 Å². The number of hydrogen-bond donors (Lipinski definition) is 0. The standard InChI is InChI=1S/C14H13.C5H5.Fe/c1-3-12-9-6-10-14(11(12)2)13-7-4-5-8-13;1-2-4-5-3-1;/h3-10H,1H2,2H3;1-5H;. The van der Waals surface area contributed by atoms with Gasteiger partial charge in [0.25, 0.3) is 0 Å². The molecule has 0 aliphatic carbocycles. The van der Waals surface area contributed by atoms with Gasteiger partial charge in [0.05, 0.1) is 0 Å². The molecule has 0 amide bonds. The van der Waals surface area contributed by atoms with E-state index in [9.17, 15) is 0 Å². The summed E-state index contributed by atoms with van der Waals surface area (Å²) >= 11 is 0. The summed E-state index contributed by atoms with van der Waals surface area (Å²) in [5.41, 5.74) is 4.95. The fraction of sp³-hybridized carbons (Fsp3) is 0.579. The van der Waals surface area contributed by atoms with Crippen molar-refractivity contribution in [3.8, 4) is 0 Å². The van der Waals surface area contributed by atoms with E-state index in [-0.39, 0.29) is 0 Å². The fourth-order valence-corrected chi connectivity index (χ4v) is 92.4. The molecule has 11 rings (SSSR count). The molecule has 1 aromatic rings. The van der Waals surface area contributed by atoms with Crippen molar-refractivity contribution in [1.29, 1.82) is 0 Å². The van der Waals surface area contributed by atoms with Crippen LogP contribution in [0.2, 0.25) is 43.3 Å². The van der Waals surface area contributed by atoms with E-state index in [0.29, 0.717) is 0 Å². The van der Waals surface area contributed by atoms with Gasteiger partial charge in [-0.25, -0.2) is 0 Å². The van der Waals surface area contributed by atoms with E-state index in [1.165, 1.54) is 48.9 Å². The molecule has 10 saturated heterocycles. The Labute approximate surface area is 108 Å². The van der Waals surface area contributed by atoms with Gasteiger partial charge in [-0.3, -0.25) is 0 Å². The Hall–Kier alpha value is -0.521. The molecule has 102 valence electrons. The summed E-state index contributed by atoms with van der Waals surface area (Å²) in [5, 5.41) is 0. The van der Waals surface area contributed by atoms with Crippen LogP contribution in [0.4, 0.5) is 0 Å². The van der Waals surface area contributed by atoms with Crippen LogP contribution in [-0.4, -0.2) is 0 Å². The van der Waals surface area contributed by atoms with Crippen LogP contribution in [0, 0.1) is 6.92 Å². The van der Waals surface area contributed by atoms with Crippen LogP contribution in [0.25, 0.3) is 6.08 Å². The summed E-state index contributed by atoms with van der Waals surface area (Å²) in [6, 6.07) is 7.21. The molecule has 10 aliphatic rings. The quantitative estimate of drug-likeness (QED) is 0.639. The van der Waals surface area contributed by atoms with Crippen LogP contribution in [0.15, 0.2) is 24.8 Å². The first-order valence-corrected chi connectivity index (χ1v) is 14.7. The zero-order valence-corrected chi connectivity index (χ0v) is 12.7. The van der Waals surface area contributed by atoms with Crippen molar-refractivity contribution in [3.63, 3.8) is 0 Å². The zero-order chi connectivity index (χ0) is 12.6. The van der Waals surface area contributed by atoms with Gasteiger partial charge in [-0.05, 0) is 0 Å². The third-order valence-electron chi connectivity index (χ3n) is 16.7. The van der Waals surface area contributed by atoms with Gasteiger partial charge in [-0.15, -0.1) is 0 Å². The van der Waals surface area contributed by atoms with E-state index in [4.69, 9.17) is 0 Å². The Kier molecular flexibility index (Phi) is 0.264. The van der Waals surface area contributed by atoms with E-state index >= 15 is 0 Å². The predicted molar refractivity (Wildman–Crippen MR) is 76.7 cm³/mol. The summed E-state index contributed by atoms with van der Waals surface area (Å²) in [5.74, 6) is 0. The molecular weight excluding hydrogens is 284 g/mol. The van der Waals surface area contributed by atoms with Crippen molar-refractivity contribution < 1.29 is 6.51 Å². The minimum atomic E-state index is -2.95. The Morgan fingerprint density at radius 3 is 2.00 bits per heavy atom. The van der Waals surface area contributed by atoms with Crippen molar-refractivity contribution in [1.82, 2.24) is 0 Å². The molecule has 1 spiro atoms. The van der Waals surface area contributed by atoms with Crippen LogP contribution in [-0.2, 0) is 10.8 Å². The Balaban J connectivity index is 1.50. The summed E-state index contributed by atoms with van der Waals surface area (Å²) < 4.78 is 0.919. The van der Waals surface area contributed by atoms with E-state index in [1.54, 1.807) is 5.56 Å². The summed E-state index contributed by atoms with van der Waals surface area (Å²) in [4.78, 5) is 12.8. The molecule has 4 unspecified atom stereocenters. The van der Waals surface area contributed by atoms with Crippen molar-refractivity contribution in [2.75, 3.05) is 0 Å². The van der Waals surface area contributed by atoms with Gasteiger partial charge >= 0.3 is 109 Å². The number of hydrogen-bond acceptors (Lipinski definition) is 0. The number of rotatable bonds is 2. The first-order chi connectivity index (χ1) is 9.51. The monoisotopic (exact) mass is 302 g/mol. The molecule has 1 aromatic carbocycles. The second-order valence-corrected chi connectivity index (χ2v) is 35.5. The summed E-state index contributed by atoms with van der Waals surface area (Å²) in [6.07, 6.45) is 2.10. The van der Waals surface area contributed by atoms with E-state index in [1.807, 2.05) is 5.56 Å². The van der Waals surface area contributed by atoms with Crippen molar-refractivity contribution in [2.45, 2.75) is 54.6 Å². The molecule has 0 aromatic heterocycles. The summed E-state index contributed by atoms with van der Waals surface area (Å²) in [6.45, 7) is 3.53. The molecule has 0 bridgehead atoms. The SMILES string of the molecule is C=Cc1cccc([C]23[CH]4[CH]5[CH]6[CH]2[Fe]56432789[CH]3[CH]2[CH]7[CH]8[CH]39)c1C. The Morgan fingerprint density at radius 1 is 1.00 bits per heavy atom. The van der Waals surface area contributed by atoms with Gasteiger partial charge < -0.3 is 0 Å². The topological polar surface area (TPSA) is 0 Å².